The van der Waals surface area contributed by atoms with E-state index in [0.29, 0.717) is 11.7 Å². The minimum atomic E-state index is -1.43. The van der Waals surface area contributed by atoms with Crippen LogP contribution < -0.4 is 0 Å². The van der Waals surface area contributed by atoms with E-state index in [1.807, 2.05) is 12.2 Å². The van der Waals surface area contributed by atoms with E-state index in [9.17, 15) is 19.8 Å². The van der Waals surface area contributed by atoms with Crippen molar-refractivity contribution in [2.75, 3.05) is 0 Å². The molecule has 2 aliphatic carbocycles. The van der Waals surface area contributed by atoms with Crippen LogP contribution in [0.25, 0.3) is 0 Å². The standard InChI is InChI=1S/C15H24.C14H20O4/c1-13-7-5-8-14(2)10-12-15(3,4)11-6-9-13;1-2-3-4-5-6-7-10-8-12(16)14(18)13(17)11(10)9-15/h6-7,10-11H,5,8-9,12H2,1-4H3;4-7,9-12,14,16,18H,2-3,8H2,1H3. The maximum Gasteiger partial charge on any atom is 0.174 e. The molecule has 0 bridgehead atoms. The number of hydrogen-bond donors (Lipinski definition) is 2. The fourth-order valence-electron chi connectivity index (χ4n) is 3.87. The fraction of sp³-hybridized carbons (Fsp3) is 0.586. The Balaban J connectivity index is 0.000000335. The summed E-state index contributed by atoms with van der Waals surface area (Å²) in [5, 5.41) is 18.9. The molecule has 1 saturated carbocycles. The molecule has 4 atom stereocenters. The third-order valence-corrected chi connectivity index (χ3v) is 6.18. The van der Waals surface area contributed by atoms with Crippen LogP contribution in [-0.2, 0) is 9.59 Å². The maximum absolute atomic E-state index is 11.6. The molecule has 2 N–H and O–H groups in total. The van der Waals surface area contributed by atoms with E-state index in [1.165, 1.54) is 24.0 Å². The summed E-state index contributed by atoms with van der Waals surface area (Å²) < 4.78 is 0. The minimum absolute atomic E-state index is 0.231. The van der Waals surface area contributed by atoms with Crippen LogP contribution in [-0.4, -0.2) is 34.5 Å². The first-order chi connectivity index (χ1) is 15.6. The van der Waals surface area contributed by atoms with Gasteiger partial charge in [-0.25, -0.2) is 0 Å². The van der Waals surface area contributed by atoms with E-state index in [1.54, 1.807) is 12.2 Å². The van der Waals surface area contributed by atoms with Gasteiger partial charge in [0.05, 0.1) is 12.0 Å². The first-order valence-electron chi connectivity index (χ1n) is 12.3. The van der Waals surface area contributed by atoms with Gasteiger partial charge in [0.15, 0.2) is 5.78 Å². The van der Waals surface area contributed by atoms with Crippen LogP contribution in [0.1, 0.15) is 79.6 Å². The van der Waals surface area contributed by atoms with Gasteiger partial charge < -0.3 is 15.0 Å². The van der Waals surface area contributed by atoms with Crippen molar-refractivity contribution in [3.63, 3.8) is 0 Å². The summed E-state index contributed by atoms with van der Waals surface area (Å²) in [6.07, 6.45) is 21.9. The lowest BCUT2D eigenvalue weighted by Crippen LogP contribution is -2.47. The van der Waals surface area contributed by atoms with Crippen LogP contribution in [0, 0.1) is 17.3 Å². The van der Waals surface area contributed by atoms with Crippen molar-refractivity contribution in [2.24, 2.45) is 17.3 Å². The van der Waals surface area contributed by atoms with Crippen LogP contribution in [0.2, 0.25) is 0 Å². The van der Waals surface area contributed by atoms with E-state index >= 15 is 0 Å². The molecule has 4 nitrogen and oxygen atoms in total. The Morgan fingerprint density at radius 1 is 1.12 bits per heavy atom. The van der Waals surface area contributed by atoms with Crippen molar-refractivity contribution in [1.82, 2.24) is 0 Å². The molecule has 4 heteroatoms. The second-order valence-corrected chi connectivity index (χ2v) is 10.0. The summed E-state index contributed by atoms with van der Waals surface area (Å²) in [4.78, 5) is 22.5. The van der Waals surface area contributed by atoms with Crippen molar-refractivity contribution in [3.8, 4) is 0 Å². The first kappa shape index (κ1) is 29.0. The molecule has 4 unspecified atom stereocenters. The molecular weight excluding hydrogens is 412 g/mol. The van der Waals surface area contributed by atoms with Gasteiger partial charge >= 0.3 is 0 Å². The molecule has 33 heavy (non-hydrogen) atoms. The number of aliphatic hydroxyl groups is 2. The monoisotopic (exact) mass is 456 g/mol. The van der Waals surface area contributed by atoms with Gasteiger partial charge in [0.25, 0.3) is 0 Å². The molecule has 0 spiro atoms. The molecule has 0 heterocycles. The highest BCUT2D eigenvalue weighted by Crippen LogP contribution is 2.28. The smallest absolute Gasteiger partial charge is 0.174 e. The van der Waals surface area contributed by atoms with Crippen LogP contribution in [0.4, 0.5) is 0 Å². The van der Waals surface area contributed by atoms with E-state index in [2.05, 4.69) is 58.9 Å². The average Bonchev–Trinajstić information content (AvgIpc) is 2.78. The highest BCUT2D eigenvalue weighted by atomic mass is 16.3. The van der Waals surface area contributed by atoms with Crippen molar-refractivity contribution in [1.29, 1.82) is 0 Å². The Hall–Kier alpha value is -2.04. The van der Waals surface area contributed by atoms with Crippen molar-refractivity contribution in [2.45, 2.75) is 91.8 Å². The third kappa shape index (κ3) is 11.1. The van der Waals surface area contributed by atoms with E-state index in [4.69, 9.17) is 0 Å². The number of aliphatic hydroxyl groups excluding tert-OH is 2. The first-order valence-corrected chi connectivity index (χ1v) is 12.3. The second kappa shape index (κ2) is 15.0. The molecule has 2 rings (SSSR count). The number of carbonyl (C=O) groups excluding carboxylic acids is 2. The Morgan fingerprint density at radius 2 is 1.85 bits per heavy atom. The van der Waals surface area contributed by atoms with Gasteiger partial charge in [-0.3, -0.25) is 4.79 Å². The number of hydrogen-bond acceptors (Lipinski definition) is 4. The van der Waals surface area contributed by atoms with Gasteiger partial charge in [0.2, 0.25) is 0 Å². The summed E-state index contributed by atoms with van der Waals surface area (Å²) in [6.45, 7) is 11.2. The quantitative estimate of drug-likeness (QED) is 0.228. The Kier molecular flexibility index (Phi) is 13.2. The topological polar surface area (TPSA) is 74.6 Å². The third-order valence-electron chi connectivity index (χ3n) is 6.18. The van der Waals surface area contributed by atoms with E-state index in [0.717, 1.165) is 25.7 Å². The molecule has 0 aliphatic heterocycles. The second-order valence-electron chi connectivity index (χ2n) is 10.0. The lowest BCUT2D eigenvalue weighted by molar-refractivity contribution is -0.146. The van der Waals surface area contributed by atoms with Gasteiger partial charge in [-0.1, -0.05) is 86.9 Å². The molecule has 0 aromatic heterocycles. The zero-order chi connectivity index (χ0) is 24.9. The number of unbranched alkanes of at least 4 members (excludes halogenated alkanes) is 1. The number of rotatable bonds is 5. The van der Waals surface area contributed by atoms with Gasteiger partial charge in [0, 0.05) is 0 Å². The maximum atomic E-state index is 11.6. The molecule has 0 radical (unpaired) electrons. The van der Waals surface area contributed by atoms with Gasteiger partial charge in [-0.15, -0.1) is 0 Å². The molecular formula is C29H44O4. The number of ketones is 1. The summed E-state index contributed by atoms with van der Waals surface area (Å²) in [5.74, 6) is -1.77. The Bertz CT molecular complexity index is 766. The molecule has 0 amide bonds. The van der Waals surface area contributed by atoms with Crippen molar-refractivity contribution < 1.29 is 19.8 Å². The predicted molar refractivity (Wildman–Crippen MR) is 137 cm³/mol. The number of carbonyl (C=O) groups is 2. The largest absolute Gasteiger partial charge is 0.390 e. The van der Waals surface area contributed by atoms with Crippen LogP contribution >= 0.6 is 0 Å². The van der Waals surface area contributed by atoms with Crippen molar-refractivity contribution in [3.05, 3.63) is 59.8 Å². The zero-order valence-corrected chi connectivity index (χ0v) is 21.2. The molecule has 1 fully saturated rings. The summed E-state index contributed by atoms with van der Waals surface area (Å²) in [7, 11) is 0. The summed E-state index contributed by atoms with van der Waals surface area (Å²) in [6, 6.07) is 0. The summed E-state index contributed by atoms with van der Waals surface area (Å²) >= 11 is 0. The SMILES string of the molecule is CC1=CCCC(C)=CCC(C)(C)C=CC1.CCCC=CC=CC1CC(O)C(O)C(=O)C1C=O. The van der Waals surface area contributed by atoms with Gasteiger partial charge in [0.1, 0.15) is 12.4 Å². The van der Waals surface area contributed by atoms with Crippen molar-refractivity contribution >= 4 is 12.1 Å². The van der Waals surface area contributed by atoms with Crippen LogP contribution in [0.5, 0.6) is 0 Å². The lowest BCUT2D eigenvalue weighted by atomic mass is 9.76. The lowest BCUT2D eigenvalue weighted by Gasteiger charge is -2.31. The summed E-state index contributed by atoms with van der Waals surface area (Å²) in [5.41, 5.74) is 3.34. The fourth-order valence-corrected chi connectivity index (χ4v) is 3.87. The van der Waals surface area contributed by atoms with Crippen LogP contribution in [0.15, 0.2) is 59.8 Å². The van der Waals surface area contributed by atoms with Gasteiger partial charge in [-0.05, 0) is 63.7 Å². The molecule has 0 aromatic rings. The normalized spacial score (nSPS) is 28.5. The molecule has 184 valence electrons. The number of allylic oxidation sites excluding steroid dienone is 10. The van der Waals surface area contributed by atoms with E-state index < -0.39 is 23.9 Å². The zero-order valence-electron chi connectivity index (χ0n) is 21.2. The Morgan fingerprint density at radius 3 is 2.52 bits per heavy atom. The number of Topliss-reactive ketones (excluding diaryl/α,β-unsaturated/α-hetero) is 1. The minimum Gasteiger partial charge on any atom is -0.390 e. The highest BCUT2D eigenvalue weighted by Gasteiger charge is 2.41. The molecule has 0 saturated heterocycles. The number of aldehydes is 1. The highest BCUT2D eigenvalue weighted by molar-refractivity contribution is 5.97. The molecule has 2 aliphatic rings. The Labute approximate surface area is 200 Å². The van der Waals surface area contributed by atoms with Crippen LogP contribution in [0.3, 0.4) is 0 Å². The molecule has 0 aromatic carbocycles. The van der Waals surface area contributed by atoms with E-state index in [-0.39, 0.29) is 12.3 Å². The average molecular weight is 457 g/mol. The van der Waals surface area contributed by atoms with Gasteiger partial charge in [-0.2, -0.15) is 0 Å². The predicted octanol–water partition coefficient (Wildman–Crippen LogP) is 6.06.